The highest BCUT2D eigenvalue weighted by Gasteiger charge is 2.73. The standard InChI is InChI=1S/C32H42N2O8/c1-30(2,17-21(35)7-9-25(37)33-13-15-40-3)29(38)41-23-8-6-20-16-24-32(39)11-10-22(36)28-31(32,26(20)27(23)42-28)12-14-34(24)18-19-4-5-19/h6,8,19,24,28,39H,4-5,7,9-18H2,1-3H3,(H,33,37)/t24-,28+,31+,32-/m1/s1. The maximum Gasteiger partial charge on any atom is 0.317 e. The molecule has 4 atom stereocenters. The molecule has 1 aromatic carbocycles. The number of methoxy groups -OCH3 is 1. The first kappa shape index (κ1) is 29.3. The molecule has 1 spiro atoms. The van der Waals surface area contributed by atoms with Gasteiger partial charge in [0.2, 0.25) is 5.91 Å². The molecule has 10 nitrogen and oxygen atoms in total. The van der Waals surface area contributed by atoms with Gasteiger partial charge in [-0.1, -0.05) is 6.07 Å². The predicted molar refractivity (Wildman–Crippen MR) is 151 cm³/mol. The van der Waals surface area contributed by atoms with Gasteiger partial charge in [0.1, 0.15) is 5.78 Å². The summed E-state index contributed by atoms with van der Waals surface area (Å²) in [5.74, 6) is 0.212. The molecule has 3 fully saturated rings. The molecule has 3 aliphatic carbocycles. The van der Waals surface area contributed by atoms with Crippen molar-refractivity contribution in [1.82, 2.24) is 10.2 Å². The molecular weight excluding hydrogens is 540 g/mol. The number of hydrogen-bond acceptors (Lipinski definition) is 9. The Kier molecular flexibility index (Phi) is 7.47. The summed E-state index contributed by atoms with van der Waals surface area (Å²) < 4.78 is 17.2. The number of benzene rings is 1. The maximum absolute atomic E-state index is 13.4. The van der Waals surface area contributed by atoms with E-state index in [-0.39, 0.29) is 54.9 Å². The second kappa shape index (κ2) is 10.7. The van der Waals surface area contributed by atoms with E-state index in [9.17, 15) is 24.3 Å². The number of Topliss-reactive ketones (excluding diaryl/α,β-unsaturated/α-hetero) is 2. The Morgan fingerprint density at radius 1 is 1.19 bits per heavy atom. The molecule has 42 heavy (non-hydrogen) atoms. The first-order valence-corrected chi connectivity index (χ1v) is 15.3. The van der Waals surface area contributed by atoms with Gasteiger partial charge in [-0.3, -0.25) is 24.1 Å². The average molecular weight is 583 g/mol. The van der Waals surface area contributed by atoms with Crippen LogP contribution < -0.4 is 14.8 Å². The summed E-state index contributed by atoms with van der Waals surface area (Å²) in [6.45, 7) is 5.82. The molecule has 10 heteroatoms. The van der Waals surface area contributed by atoms with Gasteiger partial charge in [0.25, 0.3) is 0 Å². The molecule has 2 aliphatic heterocycles. The molecule has 5 aliphatic rings. The van der Waals surface area contributed by atoms with Gasteiger partial charge in [-0.2, -0.15) is 0 Å². The SMILES string of the molecule is COCCNC(=O)CCC(=O)CC(C)(C)C(=O)Oc1ccc2c3c1O[C@H]1C(=O)CC[C@@]4(O)[C@@H](C2)N(CC2CC2)CC[C@]314. The summed E-state index contributed by atoms with van der Waals surface area (Å²) in [5, 5.41) is 15.1. The lowest BCUT2D eigenvalue weighted by atomic mass is 9.49. The zero-order valence-corrected chi connectivity index (χ0v) is 24.8. The van der Waals surface area contributed by atoms with Crippen LogP contribution in [0.5, 0.6) is 11.5 Å². The number of ketones is 2. The van der Waals surface area contributed by atoms with Crippen LogP contribution in [0.4, 0.5) is 0 Å². The normalized spacial score (nSPS) is 29.5. The first-order chi connectivity index (χ1) is 20.0. The monoisotopic (exact) mass is 582 g/mol. The van der Waals surface area contributed by atoms with Crippen LogP contribution in [0.2, 0.25) is 0 Å². The quantitative estimate of drug-likeness (QED) is 0.216. The Bertz CT molecular complexity index is 1310. The molecule has 2 N–H and O–H groups in total. The van der Waals surface area contributed by atoms with E-state index in [2.05, 4.69) is 10.2 Å². The molecule has 0 aromatic heterocycles. The molecule has 2 bridgehead atoms. The Morgan fingerprint density at radius 2 is 1.98 bits per heavy atom. The van der Waals surface area contributed by atoms with Crippen molar-refractivity contribution in [1.29, 1.82) is 0 Å². The highest BCUT2D eigenvalue weighted by Crippen LogP contribution is 2.65. The molecule has 1 amide bonds. The lowest BCUT2D eigenvalue weighted by Crippen LogP contribution is -2.76. The molecule has 1 saturated heterocycles. The smallest absolute Gasteiger partial charge is 0.317 e. The Morgan fingerprint density at radius 3 is 2.71 bits per heavy atom. The topological polar surface area (TPSA) is 131 Å². The van der Waals surface area contributed by atoms with Crippen molar-refractivity contribution >= 4 is 23.4 Å². The van der Waals surface area contributed by atoms with Crippen LogP contribution in [0, 0.1) is 11.3 Å². The van der Waals surface area contributed by atoms with E-state index in [0.29, 0.717) is 44.1 Å². The van der Waals surface area contributed by atoms with Gasteiger partial charge in [-0.05, 0) is 70.0 Å². The fourth-order valence-electron chi connectivity index (χ4n) is 7.86. The van der Waals surface area contributed by atoms with Gasteiger partial charge >= 0.3 is 5.97 Å². The number of hydrogen-bond donors (Lipinski definition) is 2. The lowest BCUT2D eigenvalue weighted by Gasteiger charge is -2.62. The van der Waals surface area contributed by atoms with E-state index in [1.54, 1.807) is 27.0 Å². The fourth-order valence-corrected chi connectivity index (χ4v) is 7.86. The van der Waals surface area contributed by atoms with Gasteiger partial charge < -0.3 is 24.6 Å². The van der Waals surface area contributed by atoms with Crippen LogP contribution in [0.25, 0.3) is 0 Å². The van der Waals surface area contributed by atoms with Gasteiger partial charge in [0.05, 0.1) is 23.0 Å². The number of nitrogens with zero attached hydrogens (tertiary/aromatic N) is 1. The molecule has 2 heterocycles. The van der Waals surface area contributed by atoms with Gasteiger partial charge in [0, 0.05) is 57.5 Å². The fraction of sp³-hybridized carbons (Fsp3) is 0.688. The van der Waals surface area contributed by atoms with E-state index in [4.69, 9.17) is 14.2 Å². The summed E-state index contributed by atoms with van der Waals surface area (Å²) in [4.78, 5) is 53.8. The van der Waals surface area contributed by atoms with Crippen LogP contribution in [-0.2, 0) is 35.8 Å². The van der Waals surface area contributed by atoms with Crippen LogP contribution in [0.3, 0.4) is 0 Å². The number of nitrogens with one attached hydrogen (secondary N) is 1. The number of rotatable bonds is 12. The molecule has 228 valence electrons. The number of esters is 1. The first-order valence-electron chi connectivity index (χ1n) is 15.3. The van der Waals surface area contributed by atoms with Crippen LogP contribution in [0.15, 0.2) is 12.1 Å². The third-order valence-corrected chi connectivity index (χ3v) is 10.2. The van der Waals surface area contributed by atoms with Crippen LogP contribution in [0.1, 0.15) is 76.3 Å². The summed E-state index contributed by atoms with van der Waals surface area (Å²) in [6, 6.07) is 3.59. The number of piperidine rings is 1. The molecule has 2 saturated carbocycles. The van der Waals surface area contributed by atoms with E-state index >= 15 is 0 Å². The molecule has 0 unspecified atom stereocenters. The van der Waals surface area contributed by atoms with Crippen molar-refractivity contribution < 1.29 is 38.5 Å². The third-order valence-electron chi connectivity index (χ3n) is 10.2. The van der Waals surface area contributed by atoms with Crippen molar-refractivity contribution in [3.8, 4) is 11.5 Å². The lowest BCUT2D eigenvalue weighted by molar-refractivity contribution is -0.188. The number of ether oxygens (including phenoxy) is 3. The third kappa shape index (κ3) is 4.75. The minimum absolute atomic E-state index is 0.0204. The number of carbonyl (C=O) groups is 4. The molecule has 6 rings (SSSR count). The van der Waals surface area contributed by atoms with Crippen molar-refractivity contribution in [2.24, 2.45) is 11.3 Å². The summed E-state index contributed by atoms with van der Waals surface area (Å²) in [7, 11) is 1.54. The minimum Gasteiger partial charge on any atom is -0.477 e. The Balaban J connectivity index is 1.20. The number of aliphatic hydroxyl groups is 1. The van der Waals surface area contributed by atoms with E-state index in [0.717, 1.165) is 24.2 Å². The van der Waals surface area contributed by atoms with Crippen molar-refractivity contribution in [2.75, 3.05) is 33.4 Å². The summed E-state index contributed by atoms with van der Waals surface area (Å²) in [5.41, 5.74) is -1.24. The van der Waals surface area contributed by atoms with Gasteiger partial charge in [-0.15, -0.1) is 0 Å². The summed E-state index contributed by atoms with van der Waals surface area (Å²) in [6.07, 6.45) is 3.57. The van der Waals surface area contributed by atoms with E-state index in [1.807, 2.05) is 6.07 Å². The maximum atomic E-state index is 13.4. The number of likely N-dealkylation sites (tertiary alicyclic amines) is 1. The van der Waals surface area contributed by atoms with E-state index < -0.39 is 28.5 Å². The van der Waals surface area contributed by atoms with Gasteiger partial charge in [0.15, 0.2) is 23.4 Å². The highest BCUT2D eigenvalue weighted by atomic mass is 16.6. The van der Waals surface area contributed by atoms with Gasteiger partial charge in [-0.25, -0.2) is 0 Å². The predicted octanol–water partition coefficient (Wildman–Crippen LogP) is 2.25. The van der Waals surface area contributed by atoms with Crippen molar-refractivity contribution in [3.05, 3.63) is 23.3 Å². The Labute approximate surface area is 246 Å². The number of carbonyl (C=O) groups excluding carboxylic acids is 4. The summed E-state index contributed by atoms with van der Waals surface area (Å²) >= 11 is 0. The zero-order valence-electron chi connectivity index (χ0n) is 24.8. The van der Waals surface area contributed by atoms with E-state index in [1.165, 1.54) is 12.8 Å². The molecular formula is C32H42N2O8. The van der Waals surface area contributed by atoms with Crippen molar-refractivity contribution in [2.45, 2.75) is 94.8 Å². The molecule has 0 radical (unpaired) electrons. The largest absolute Gasteiger partial charge is 0.477 e. The zero-order chi connectivity index (χ0) is 29.9. The van der Waals surface area contributed by atoms with Crippen molar-refractivity contribution in [3.63, 3.8) is 0 Å². The average Bonchev–Trinajstić information content (AvgIpc) is 3.68. The van der Waals surface area contributed by atoms with Crippen LogP contribution >= 0.6 is 0 Å². The second-order valence-electron chi connectivity index (χ2n) is 13.5. The molecule has 1 aromatic rings. The van der Waals surface area contributed by atoms with Crippen LogP contribution in [-0.4, -0.2) is 84.5 Å². The highest BCUT2D eigenvalue weighted by molar-refractivity contribution is 5.92. The minimum atomic E-state index is -1.15. The number of amides is 1. The second-order valence-corrected chi connectivity index (χ2v) is 13.5. The Hall–Kier alpha value is -2.82.